The quantitative estimate of drug-likeness (QED) is 0.686. The Kier molecular flexibility index (Phi) is 6.83. The van der Waals surface area contributed by atoms with E-state index in [4.69, 9.17) is 0 Å². The molecule has 0 saturated carbocycles. The summed E-state index contributed by atoms with van der Waals surface area (Å²) in [6.07, 6.45) is 5.86. The zero-order valence-electron chi connectivity index (χ0n) is 19.6. The Morgan fingerprint density at radius 2 is 1.64 bits per heavy atom. The summed E-state index contributed by atoms with van der Waals surface area (Å²) < 4.78 is 0. The van der Waals surface area contributed by atoms with Crippen LogP contribution in [0.15, 0.2) is 48.5 Å². The fraction of sp³-hybridized carbons (Fsp3) is 0.481. The molecule has 5 rings (SSSR count). The Morgan fingerprint density at radius 3 is 2.36 bits per heavy atom. The van der Waals surface area contributed by atoms with Crippen molar-refractivity contribution >= 4 is 29.9 Å². The van der Waals surface area contributed by atoms with Crippen LogP contribution in [0, 0.1) is 0 Å². The number of carbonyl (C=O) groups excluding carboxylic acids is 2. The van der Waals surface area contributed by atoms with Crippen LogP contribution in [0.25, 0.3) is 0 Å². The minimum atomic E-state index is -0.422. The van der Waals surface area contributed by atoms with Gasteiger partial charge in [0.15, 0.2) is 0 Å². The van der Waals surface area contributed by atoms with Gasteiger partial charge in [-0.1, -0.05) is 42.5 Å². The van der Waals surface area contributed by atoms with E-state index in [1.165, 1.54) is 31.2 Å². The molecule has 2 aliphatic heterocycles. The van der Waals surface area contributed by atoms with Crippen LogP contribution in [0.3, 0.4) is 0 Å². The molecule has 0 N–H and O–H groups in total. The summed E-state index contributed by atoms with van der Waals surface area (Å²) >= 11 is 0. The molecule has 1 saturated heterocycles. The molecule has 176 valence electrons. The first-order valence-corrected chi connectivity index (χ1v) is 11.9. The largest absolute Gasteiger partial charge is 0.347 e. The number of aryl methyl sites for hydroxylation is 1. The number of likely N-dealkylation sites (N-methyl/N-ethyl adjacent to an activating group) is 1. The van der Waals surface area contributed by atoms with E-state index in [1.807, 2.05) is 24.3 Å². The van der Waals surface area contributed by atoms with E-state index < -0.39 is 6.04 Å². The van der Waals surface area contributed by atoms with Crippen LogP contribution in [-0.4, -0.2) is 61.4 Å². The average Bonchev–Trinajstić information content (AvgIpc) is 3.37. The molecule has 1 fully saturated rings. The fourth-order valence-corrected chi connectivity index (χ4v) is 6.05. The highest BCUT2D eigenvalue weighted by molar-refractivity contribution is 6.03. The minimum absolute atomic E-state index is 0. The Balaban J connectivity index is 0.00000259. The van der Waals surface area contributed by atoms with Gasteiger partial charge in [0.1, 0.15) is 6.04 Å². The Bertz CT molecular complexity index is 1030. The molecule has 6 heteroatoms. The highest BCUT2D eigenvalue weighted by atomic mass is 35.5. The molecule has 2 aromatic rings. The van der Waals surface area contributed by atoms with Gasteiger partial charge in [-0.15, -0.1) is 12.4 Å². The molecule has 3 aliphatic rings. The number of halogens is 1. The van der Waals surface area contributed by atoms with Gasteiger partial charge in [0.05, 0.1) is 0 Å². The number of carbonyl (C=O) groups is 2. The maximum absolute atomic E-state index is 13.3. The third-order valence-electron chi connectivity index (χ3n) is 7.89. The van der Waals surface area contributed by atoms with Crippen molar-refractivity contribution < 1.29 is 9.59 Å². The Morgan fingerprint density at radius 1 is 0.970 bits per heavy atom. The van der Waals surface area contributed by atoms with Gasteiger partial charge in [-0.3, -0.25) is 14.5 Å². The van der Waals surface area contributed by atoms with Gasteiger partial charge in [0, 0.05) is 39.2 Å². The smallest absolute Gasteiger partial charge is 0.245 e. The standard InChI is InChI=1S/C27H33N3O2.ClH/c1-28(2)26(32)24-19-21-8-4-6-10-23(21)30(24)25(31)12-16-29-17-14-27(15-18-29)13-11-20-7-3-5-9-22(20)27;/h3-10,24H,11-19H2,1-2H3;1H. The lowest BCUT2D eigenvalue weighted by molar-refractivity contribution is -0.132. The molecule has 2 amide bonds. The predicted molar refractivity (Wildman–Crippen MR) is 134 cm³/mol. The third kappa shape index (κ3) is 4.29. The molecule has 2 aromatic carbocycles. The second kappa shape index (κ2) is 9.47. The summed E-state index contributed by atoms with van der Waals surface area (Å²) in [6, 6.07) is 16.5. The number of benzene rings is 2. The topological polar surface area (TPSA) is 43.9 Å². The van der Waals surface area contributed by atoms with Crippen molar-refractivity contribution in [3.05, 3.63) is 65.2 Å². The molecule has 1 unspecified atom stereocenters. The van der Waals surface area contributed by atoms with Crippen LogP contribution >= 0.6 is 12.4 Å². The zero-order valence-corrected chi connectivity index (χ0v) is 20.4. The fourth-order valence-electron chi connectivity index (χ4n) is 6.05. The average molecular weight is 468 g/mol. The summed E-state index contributed by atoms with van der Waals surface area (Å²) in [7, 11) is 3.53. The lowest BCUT2D eigenvalue weighted by atomic mass is 9.74. The summed E-state index contributed by atoms with van der Waals surface area (Å²) in [4.78, 5) is 31.9. The van der Waals surface area contributed by atoms with Crippen molar-refractivity contribution in [3.8, 4) is 0 Å². The maximum Gasteiger partial charge on any atom is 0.245 e. The molecule has 5 nitrogen and oxygen atoms in total. The molecule has 0 aromatic heterocycles. The molecule has 2 heterocycles. The number of likely N-dealkylation sites (tertiary alicyclic amines) is 1. The van der Waals surface area contributed by atoms with Crippen LogP contribution in [0.1, 0.15) is 42.4 Å². The van der Waals surface area contributed by atoms with Crippen LogP contribution in [0.4, 0.5) is 5.69 Å². The summed E-state index contributed by atoms with van der Waals surface area (Å²) in [6.45, 7) is 2.84. The van der Waals surface area contributed by atoms with E-state index in [1.54, 1.807) is 29.5 Å². The van der Waals surface area contributed by atoms with Gasteiger partial charge < -0.3 is 9.80 Å². The molecule has 1 spiro atoms. The van der Waals surface area contributed by atoms with E-state index in [0.717, 1.165) is 30.9 Å². The number of nitrogens with zero attached hydrogens (tertiary/aromatic N) is 3. The molecule has 0 bridgehead atoms. The molecule has 33 heavy (non-hydrogen) atoms. The van der Waals surface area contributed by atoms with Crippen LogP contribution in [-0.2, 0) is 27.8 Å². The van der Waals surface area contributed by atoms with Crippen LogP contribution in [0.5, 0.6) is 0 Å². The first-order valence-electron chi connectivity index (χ1n) is 11.9. The number of fused-ring (bicyclic) bond motifs is 3. The monoisotopic (exact) mass is 467 g/mol. The van der Waals surface area contributed by atoms with Crippen molar-refractivity contribution in [1.29, 1.82) is 0 Å². The van der Waals surface area contributed by atoms with E-state index in [2.05, 4.69) is 29.2 Å². The maximum atomic E-state index is 13.3. The van der Waals surface area contributed by atoms with E-state index in [9.17, 15) is 9.59 Å². The molecule has 1 aliphatic carbocycles. The number of amides is 2. The zero-order chi connectivity index (χ0) is 22.3. The predicted octanol–water partition coefficient (Wildman–Crippen LogP) is 3.82. The van der Waals surface area contributed by atoms with Crippen LogP contribution < -0.4 is 4.90 Å². The van der Waals surface area contributed by atoms with Crippen molar-refractivity contribution in [2.45, 2.75) is 50.0 Å². The van der Waals surface area contributed by atoms with Gasteiger partial charge >= 0.3 is 0 Å². The highest BCUT2D eigenvalue weighted by Gasteiger charge is 2.42. The van der Waals surface area contributed by atoms with Gasteiger partial charge in [0.2, 0.25) is 11.8 Å². The number of para-hydroxylation sites is 1. The first kappa shape index (κ1) is 23.8. The summed E-state index contributed by atoms with van der Waals surface area (Å²) in [5, 5.41) is 0. The molecule has 0 radical (unpaired) electrons. The first-order chi connectivity index (χ1) is 15.5. The summed E-state index contributed by atoms with van der Waals surface area (Å²) in [5.41, 5.74) is 5.42. The Labute approximate surface area is 203 Å². The highest BCUT2D eigenvalue weighted by Crippen LogP contribution is 2.46. The normalized spacial score (nSPS) is 20.8. The molecular formula is C27H34ClN3O2. The second-order valence-electron chi connectivity index (χ2n) is 9.87. The SMILES string of the molecule is CN(C)C(=O)C1Cc2ccccc2N1C(=O)CCN1CCC2(CCc3ccccc32)CC1.Cl. The van der Waals surface area contributed by atoms with Crippen molar-refractivity contribution in [2.75, 3.05) is 38.6 Å². The number of piperidine rings is 1. The summed E-state index contributed by atoms with van der Waals surface area (Å²) in [5.74, 6) is 0.0519. The van der Waals surface area contributed by atoms with Crippen molar-refractivity contribution in [2.24, 2.45) is 0 Å². The number of hydrogen-bond donors (Lipinski definition) is 0. The third-order valence-corrected chi connectivity index (χ3v) is 7.89. The number of rotatable bonds is 4. The van der Waals surface area contributed by atoms with Gasteiger partial charge in [-0.05, 0) is 66.9 Å². The van der Waals surface area contributed by atoms with Gasteiger partial charge in [0.25, 0.3) is 0 Å². The molecule has 1 atom stereocenters. The Hall–Kier alpha value is -2.37. The number of hydrogen-bond acceptors (Lipinski definition) is 3. The second-order valence-corrected chi connectivity index (χ2v) is 9.87. The molecular weight excluding hydrogens is 434 g/mol. The van der Waals surface area contributed by atoms with Gasteiger partial charge in [-0.2, -0.15) is 0 Å². The van der Waals surface area contributed by atoms with Crippen molar-refractivity contribution in [1.82, 2.24) is 9.80 Å². The van der Waals surface area contributed by atoms with E-state index in [-0.39, 0.29) is 24.2 Å². The number of anilines is 1. The lowest BCUT2D eigenvalue weighted by Crippen LogP contribution is -2.48. The van der Waals surface area contributed by atoms with Crippen LogP contribution in [0.2, 0.25) is 0 Å². The van der Waals surface area contributed by atoms with E-state index in [0.29, 0.717) is 18.3 Å². The van der Waals surface area contributed by atoms with Gasteiger partial charge in [-0.25, -0.2) is 0 Å². The van der Waals surface area contributed by atoms with Crippen molar-refractivity contribution in [3.63, 3.8) is 0 Å². The van der Waals surface area contributed by atoms with E-state index >= 15 is 0 Å². The lowest BCUT2D eigenvalue weighted by Gasteiger charge is -2.40. The minimum Gasteiger partial charge on any atom is -0.347 e.